The molecular formula is C15H23N3O. The van der Waals surface area contributed by atoms with Gasteiger partial charge in [0.15, 0.2) is 0 Å². The van der Waals surface area contributed by atoms with E-state index in [0.717, 1.165) is 24.4 Å². The Morgan fingerprint density at radius 3 is 2.68 bits per heavy atom. The van der Waals surface area contributed by atoms with E-state index in [1.54, 1.807) is 0 Å². The van der Waals surface area contributed by atoms with E-state index in [1.807, 2.05) is 52.2 Å². The second-order valence-corrected chi connectivity index (χ2v) is 5.06. The summed E-state index contributed by atoms with van der Waals surface area (Å²) >= 11 is 0. The molecule has 1 N–H and O–H groups in total. The summed E-state index contributed by atoms with van der Waals surface area (Å²) in [7, 11) is 4.03. The predicted molar refractivity (Wildman–Crippen MR) is 77.1 cm³/mol. The van der Waals surface area contributed by atoms with Gasteiger partial charge in [0, 0.05) is 13.1 Å². The minimum absolute atomic E-state index is 0.137. The van der Waals surface area contributed by atoms with E-state index in [0.29, 0.717) is 0 Å². The average Bonchev–Trinajstić information content (AvgIpc) is 2.34. The molecule has 1 aromatic carbocycles. The van der Waals surface area contributed by atoms with Crippen LogP contribution in [0, 0.1) is 11.3 Å². The van der Waals surface area contributed by atoms with Gasteiger partial charge in [0.25, 0.3) is 0 Å². The first-order valence-electron chi connectivity index (χ1n) is 6.57. The molecule has 0 aliphatic carbocycles. The standard InChI is InChI=1S/C15H23N3O/c1-12(2)19-14-7-5-6-13(10-14)15(11-16)17-8-9-18(3)4/h5-7,10,12,15,17H,8-9H2,1-4H3. The molecule has 1 rings (SSSR count). The second kappa shape index (κ2) is 7.78. The first-order valence-corrected chi connectivity index (χ1v) is 6.57. The third-order valence-corrected chi connectivity index (χ3v) is 2.60. The highest BCUT2D eigenvalue weighted by atomic mass is 16.5. The lowest BCUT2D eigenvalue weighted by atomic mass is 10.1. The summed E-state index contributed by atoms with van der Waals surface area (Å²) in [5.41, 5.74) is 0.944. The number of hydrogen-bond donors (Lipinski definition) is 1. The van der Waals surface area contributed by atoms with Crippen LogP contribution in [0.5, 0.6) is 5.75 Å². The highest BCUT2D eigenvalue weighted by Crippen LogP contribution is 2.19. The summed E-state index contributed by atoms with van der Waals surface area (Å²) in [6, 6.07) is 9.70. The molecule has 0 heterocycles. The molecule has 19 heavy (non-hydrogen) atoms. The zero-order valence-corrected chi connectivity index (χ0v) is 12.2. The molecule has 4 nitrogen and oxygen atoms in total. The molecule has 0 saturated carbocycles. The van der Waals surface area contributed by atoms with Crippen molar-refractivity contribution in [1.82, 2.24) is 10.2 Å². The molecule has 0 saturated heterocycles. The first-order chi connectivity index (χ1) is 9.02. The molecule has 0 aliphatic heterocycles. The Hall–Kier alpha value is -1.57. The van der Waals surface area contributed by atoms with E-state index in [2.05, 4.69) is 16.3 Å². The lowest BCUT2D eigenvalue weighted by Crippen LogP contribution is -2.29. The van der Waals surface area contributed by atoms with Gasteiger partial charge in [-0.05, 0) is 45.6 Å². The summed E-state index contributed by atoms with van der Waals surface area (Å²) in [5.74, 6) is 0.808. The van der Waals surface area contributed by atoms with Crippen molar-refractivity contribution in [2.75, 3.05) is 27.2 Å². The van der Waals surface area contributed by atoms with Crippen molar-refractivity contribution < 1.29 is 4.74 Å². The normalized spacial score (nSPS) is 12.5. The highest BCUT2D eigenvalue weighted by Gasteiger charge is 2.10. The van der Waals surface area contributed by atoms with Crippen LogP contribution >= 0.6 is 0 Å². The van der Waals surface area contributed by atoms with Crippen LogP contribution in [0.3, 0.4) is 0 Å². The van der Waals surface area contributed by atoms with Gasteiger partial charge in [0.1, 0.15) is 11.8 Å². The van der Waals surface area contributed by atoms with Gasteiger partial charge in [0.2, 0.25) is 0 Å². The molecule has 0 spiro atoms. The van der Waals surface area contributed by atoms with Crippen molar-refractivity contribution >= 4 is 0 Å². The van der Waals surface area contributed by atoms with Crippen LogP contribution in [0.25, 0.3) is 0 Å². The zero-order valence-electron chi connectivity index (χ0n) is 12.2. The highest BCUT2D eigenvalue weighted by molar-refractivity contribution is 5.33. The van der Waals surface area contributed by atoms with E-state index in [1.165, 1.54) is 0 Å². The molecule has 0 aliphatic rings. The van der Waals surface area contributed by atoms with Crippen LogP contribution in [0.2, 0.25) is 0 Å². The van der Waals surface area contributed by atoms with Gasteiger partial charge in [0.05, 0.1) is 12.2 Å². The summed E-state index contributed by atoms with van der Waals surface area (Å²) in [6.45, 7) is 5.66. The van der Waals surface area contributed by atoms with Gasteiger partial charge in [-0.3, -0.25) is 5.32 Å². The molecule has 0 radical (unpaired) electrons. The third kappa shape index (κ3) is 5.73. The number of nitrogens with one attached hydrogen (secondary N) is 1. The lowest BCUT2D eigenvalue weighted by molar-refractivity contribution is 0.242. The van der Waals surface area contributed by atoms with Crippen LogP contribution in [0.1, 0.15) is 25.5 Å². The largest absolute Gasteiger partial charge is 0.491 e. The summed E-state index contributed by atoms with van der Waals surface area (Å²) < 4.78 is 5.65. The van der Waals surface area contributed by atoms with E-state index in [4.69, 9.17) is 4.74 Å². The Morgan fingerprint density at radius 2 is 2.11 bits per heavy atom. The van der Waals surface area contributed by atoms with Gasteiger partial charge in [-0.1, -0.05) is 12.1 Å². The molecule has 0 amide bonds. The predicted octanol–water partition coefficient (Wildman–Crippen LogP) is 2.19. The number of likely N-dealkylation sites (N-methyl/N-ethyl adjacent to an activating group) is 1. The molecular weight excluding hydrogens is 238 g/mol. The fourth-order valence-corrected chi connectivity index (χ4v) is 1.71. The third-order valence-electron chi connectivity index (χ3n) is 2.60. The molecule has 0 bridgehead atoms. The van der Waals surface area contributed by atoms with Gasteiger partial charge in [-0.2, -0.15) is 5.26 Å². The molecule has 4 heteroatoms. The van der Waals surface area contributed by atoms with Crippen molar-refractivity contribution in [2.45, 2.75) is 26.0 Å². The number of benzene rings is 1. The topological polar surface area (TPSA) is 48.3 Å². The average molecular weight is 261 g/mol. The number of ether oxygens (including phenoxy) is 1. The molecule has 0 fully saturated rings. The fourth-order valence-electron chi connectivity index (χ4n) is 1.71. The molecule has 0 aromatic heterocycles. The van der Waals surface area contributed by atoms with Gasteiger partial charge in [-0.15, -0.1) is 0 Å². The maximum atomic E-state index is 9.25. The number of hydrogen-bond acceptors (Lipinski definition) is 4. The zero-order chi connectivity index (χ0) is 14.3. The lowest BCUT2D eigenvalue weighted by Gasteiger charge is -2.16. The van der Waals surface area contributed by atoms with Gasteiger partial charge >= 0.3 is 0 Å². The van der Waals surface area contributed by atoms with Crippen LogP contribution in [-0.4, -0.2) is 38.2 Å². The van der Waals surface area contributed by atoms with E-state index in [9.17, 15) is 5.26 Å². The Kier molecular flexibility index (Phi) is 6.34. The van der Waals surface area contributed by atoms with Gasteiger partial charge < -0.3 is 9.64 Å². The molecule has 1 aromatic rings. The molecule has 1 atom stereocenters. The Balaban J connectivity index is 2.67. The SMILES string of the molecule is CC(C)Oc1cccc(C(C#N)NCCN(C)C)c1. The summed E-state index contributed by atoms with van der Waals surface area (Å²) in [6.07, 6.45) is 0.137. The monoisotopic (exact) mass is 261 g/mol. The molecule has 1 unspecified atom stereocenters. The number of nitrogens with zero attached hydrogens (tertiary/aromatic N) is 2. The Labute approximate surface area is 116 Å². The van der Waals surface area contributed by atoms with Crippen LogP contribution in [0.15, 0.2) is 24.3 Å². The van der Waals surface area contributed by atoms with Crippen LogP contribution < -0.4 is 10.1 Å². The maximum Gasteiger partial charge on any atom is 0.121 e. The first kappa shape index (κ1) is 15.5. The summed E-state index contributed by atoms with van der Waals surface area (Å²) in [4.78, 5) is 2.08. The van der Waals surface area contributed by atoms with E-state index in [-0.39, 0.29) is 12.1 Å². The van der Waals surface area contributed by atoms with Crippen molar-refractivity contribution in [1.29, 1.82) is 5.26 Å². The van der Waals surface area contributed by atoms with E-state index < -0.39 is 0 Å². The van der Waals surface area contributed by atoms with Crippen molar-refractivity contribution in [3.8, 4) is 11.8 Å². The smallest absolute Gasteiger partial charge is 0.121 e. The van der Waals surface area contributed by atoms with Crippen molar-refractivity contribution in [3.63, 3.8) is 0 Å². The van der Waals surface area contributed by atoms with Crippen molar-refractivity contribution in [2.24, 2.45) is 0 Å². The minimum atomic E-state index is -0.296. The number of nitriles is 1. The summed E-state index contributed by atoms with van der Waals surface area (Å²) in [5, 5.41) is 12.5. The van der Waals surface area contributed by atoms with Crippen LogP contribution in [0.4, 0.5) is 0 Å². The van der Waals surface area contributed by atoms with Gasteiger partial charge in [-0.25, -0.2) is 0 Å². The fraction of sp³-hybridized carbons (Fsp3) is 0.533. The van der Waals surface area contributed by atoms with E-state index >= 15 is 0 Å². The molecule has 104 valence electrons. The number of rotatable bonds is 7. The quantitative estimate of drug-likeness (QED) is 0.817. The van der Waals surface area contributed by atoms with Crippen molar-refractivity contribution in [3.05, 3.63) is 29.8 Å². The Morgan fingerprint density at radius 1 is 1.37 bits per heavy atom. The second-order valence-electron chi connectivity index (χ2n) is 5.06. The Bertz CT molecular complexity index is 424. The van der Waals surface area contributed by atoms with Crippen LogP contribution in [-0.2, 0) is 0 Å². The minimum Gasteiger partial charge on any atom is -0.491 e. The maximum absolute atomic E-state index is 9.25.